The minimum atomic E-state index is -0.155. The topological polar surface area (TPSA) is 73.8 Å². The summed E-state index contributed by atoms with van der Waals surface area (Å²) in [5, 5.41) is 16.2. The Kier molecular flexibility index (Phi) is 4.45. The molecule has 0 aliphatic heterocycles. The molecule has 4 rings (SSSR count). The van der Waals surface area contributed by atoms with Gasteiger partial charge in [0.15, 0.2) is 0 Å². The van der Waals surface area contributed by atoms with Gasteiger partial charge in [-0.25, -0.2) is 9.97 Å². The molecule has 6 heteroatoms. The Hall–Kier alpha value is -2.70. The highest BCUT2D eigenvalue weighted by atomic mass is 32.1. The second kappa shape index (κ2) is 7.04. The van der Waals surface area contributed by atoms with E-state index in [1.165, 1.54) is 5.39 Å². The Morgan fingerprint density at radius 3 is 2.92 bits per heavy atom. The lowest BCUT2D eigenvalue weighted by Gasteiger charge is -2.16. The quantitative estimate of drug-likeness (QED) is 0.496. The first-order chi connectivity index (χ1) is 12.3. The molecule has 0 aliphatic carbocycles. The van der Waals surface area contributed by atoms with Gasteiger partial charge in [0.1, 0.15) is 0 Å². The number of benzene rings is 1. The van der Waals surface area contributed by atoms with E-state index in [9.17, 15) is 5.11 Å². The van der Waals surface area contributed by atoms with Crippen LogP contribution < -0.4 is 5.32 Å². The van der Waals surface area contributed by atoms with Gasteiger partial charge < -0.3 is 15.4 Å². The summed E-state index contributed by atoms with van der Waals surface area (Å²) in [6.45, 7) is 0.00605. The molecule has 0 radical (unpaired) electrons. The summed E-state index contributed by atoms with van der Waals surface area (Å²) in [5.41, 5.74) is 3.15. The number of para-hydroxylation sites is 1. The number of thiophene rings is 1. The third kappa shape index (κ3) is 3.40. The molecule has 5 nitrogen and oxygen atoms in total. The van der Waals surface area contributed by atoms with Crippen LogP contribution in [0.5, 0.6) is 0 Å². The van der Waals surface area contributed by atoms with Gasteiger partial charge in [0.2, 0.25) is 5.95 Å². The Labute approximate surface area is 149 Å². The van der Waals surface area contributed by atoms with E-state index in [2.05, 4.69) is 26.3 Å². The van der Waals surface area contributed by atoms with E-state index in [4.69, 9.17) is 0 Å². The van der Waals surface area contributed by atoms with Crippen LogP contribution in [0.3, 0.4) is 0 Å². The van der Waals surface area contributed by atoms with Crippen LogP contribution >= 0.6 is 11.3 Å². The Balaban J connectivity index is 1.53. The Morgan fingerprint density at radius 1 is 1.16 bits per heavy atom. The zero-order valence-corrected chi connectivity index (χ0v) is 14.3. The van der Waals surface area contributed by atoms with Gasteiger partial charge in [0, 0.05) is 23.3 Å². The number of H-pyrrole nitrogens is 1. The van der Waals surface area contributed by atoms with E-state index < -0.39 is 0 Å². The summed E-state index contributed by atoms with van der Waals surface area (Å²) in [4.78, 5) is 13.2. The first-order valence-corrected chi connectivity index (χ1v) is 9.01. The van der Waals surface area contributed by atoms with Crippen molar-refractivity contribution in [1.29, 1.82) is 0 Å². The number of anilines is 1. The predicted molar refractivity (Wildman–Crippen MR) is 102 cm³/mol. The minimum Gasteiger partial charge on any atom is -0.394 e. The van der Waals surface area contributed by atoms with E-state index in [1.54, 1.807) is 17.5 Å². The van der Waals surface area contributed by atoms with Gasteiger partial charge in [-0.1, -0.05) is 24.3 Å². The number of aromatic amines is 1. The summed E-state index contributed by atoms with van der Waals surface area (Å²) in [7, 11) is 0. The van der Waals surface area contributed by atoms with Crippen molar-refractivity contribution in [1.82, 2.24) is 15.0 Å². The molecule has 0 unspecified atom stereocenters. The lowest BCUT2D eigenvalue weighted by molar-refractivity contribution is 0.273. The van der Waals surface area contributed by atoms with Crippen LogP contribution in [0.1, 0.15) is 5.56 Å². The van der Waals surface area contributed by atoms with Crippen LogP contribution in [0.25, 0.3) is 21.5 Å². The number of aromatic nitrogens is 3. The standard InChI is InChI=1S/C19H18N4OS/c24-12-14(10-13-11-21-16-5-2-1-4-15(13)16)22-19-20-8-7-17(23-19)18-6-3-9-25-18/h1-9,11,14,21,24H,10,12H2,(H,20,22,23)/t14-/m0/s1. The van der Waals surface area contributed by atoms with Gasteiger partial charge in [-0.15, -0.1) is 11.3 Å². The minimum absolute atomic E-state index is 0.00605. The summed E-state index contributed by atoms with van der Waals surface area (Å²) in [6.07, 6.45) is 4.43. The maximum absolute atomic E-state index is 9.79. The summed E-state index contributed by atoms with van der Waals surface area (Å²) in [6, 6.07) is 13.9. The molecular formula is C19H18N4OS. The monoisotopic (exact) mass is 350 g/mol. The zero-order chi connectivity index (χ0) is 17.1. The lowest BCUT2D eigenvalue weighted by Crippen LogP contribution is -2.27. The highest BCUT2D eigenvalue weighted by molar-refractivity contribution is 7.13. The van der Waals surface area contributed by atoms with E-state index in [1.807, 2.05) is 48.0 Å². The van der Waals surface area contributed by atoms with Crippen molar-refractivity contribution < 1.29 is 5.11 Å². The first-order valence-electron chi connectivity index (χ1n) is 8.13. The molecule has 0 bridgehead atoms. The predicted octanol–water partition coefficient (Wildman–Crippen LogP) is 3.70. The largest absolute Gasteiger partial charge is 0.394 e. The molecule has 3 N–H and O–H groups in total. The zero-order valence-electron chi connectivity index (χ0n) is 13.5. The summed E-state index contributed by atoms with van der Waals surface area (Å²) >= 11 is 1.64. The van der Waals surface area contributed by atoms with E-state index in [0.29, 0.717) is 12.4 Å². The number of aliphatic hydroxyl groups excluding tert-OH is 1. The average molecular weight is 350 g/mol. The molecule has 0 saturated heterocycles. The van der Waals surface area contributed by atoms with Gasteiger partial charge in [-0.2, -0.15) is 0 Å². The van der Waals surface area contributed by atoms with Gasteiger partial charge in [-0.05, 0) is 35.6 Å². The lowest BCUT2D eigenvalue weighted by atomic mass is 10.1. The molecule has 0 amide bonds. The number of nitrogens with zero attached hydrogens (tertiary/aromatic N) is 2. The molecular weight excluding hydrogens is 332 g/mol. The Morgan fingerprint density at radius 2 is 2.08 bits per heavy atom. The smallest absolute Gasteiger partial charge is 0.223 e. The molecule has 3 heterocycles. The third-order valence-electron chi connectivity index (χ3n) is 4.12. The second-order valence-electron chi connectivity index (χ2n) is 5.83. The number of hydrogen-bond acceptors (Lipinski definition) is 5. The van der Waals surface area contributed by atoms with Crippen LogP contribution in [-0.2, 0) is 6.42 Å². The van der Waals surface area contributed by atoms with Crippen molar-refractivity contribution in [2.75, 3.05) is 11.9 Å². The molecule has 126 valence electrons. The van der Waals surface area contributed by atoms with Crippen LogP contribution in [-0.4, -0.2) is 32.7 Å². The van der Waals surface area contributed by atoms with Gasteiger partial charge in [0.25, 0.3) is 0 Å². The fraction of sp³-hybridized carbons (Fsp3) is 0.158. The number of fused-ring (bicyclic) bond motifs is 1. The molecule has 0 fully saturated rings. The van der Waals surface area contributed by atoms with Crippen molar-refractivity contribution in [3.05, 3.63) is 65.8 Å². The van der Waals surface area contributed by atoms with Crippen molar-refractivity contribution in [2.45, 2.75) is 12.5 Å². The first kappa shape index (κ1) is 15.8. The van der Waals surface area contributed by atoms with Crippen LogP contribution in [0, 0.1) is 0 Å². The van der Waals surface area contributed by atoms with E-state index in [0.717, 1.165) is 21.7 Å². The highest BCUT2D eigenvalue weighted by Crippen LogP contribution is 2.23. The van der Waals surface area contributed by atoms with Gasteiger partial charge >= 0.3 is 0 Å². The van der Waals surface area contributed by atoms with E-state index >= 15 is 0 Å². The second-order valence-corrected chi connectivity index (χ2v) is 6.78. The number of aliphatic hydroxyl groups is 1. The van der Waals surface area contributed by atoms with Gasteiger partial charge in [-0.3, -0.25) is 0 Å². The fourth-order valence-corrected chi connectivity index (χ4v) is 3.59. The maximum Gasteiger partial charge on any atom is 0.223 e. The molecule has 4 aromatic rings. The van der Waals surface area contributed by atoms with Crippen molar-refractivity contribution in [2.24, 2.45) is 0 Å². The highest BCUT2D eigenvalue weighted by Gasteiger charge is 2.13. The normalized spacial score (nSPS) is 12.4. The SMILES string of the molecule is OC[C@H](Cc1c[nH]c2ccccc12)Nc1nccc(-c2cccs2)n1. The molecule has 1 aromatic carbocycles. The molecule has 0 spiro atoms. The van der Waals surface area contributed by atoms with Crippen molar-refractivity contribution in [3.8, 4) is 10.6 Å². The summed E-state index contributed by atoms with van der Waals surface area (Å²) < 4.78 is 0. The van der Waals surface area contributed by atoms with Crippen molar-refractivity contribution >= 4 is 28.2 Å². The maximum atomic E-state index is 9.79. The molecule has 1 atom stereocenters. The van der Waals surface area contributed by atoms with Crippen LogP contribution in [0.15, 0.2) is 60.2 Å². The molecule has 3 aromatic heterocycles. The van der Waals surface area contributed by atoms with Gasteiger partial charge in [0.05, 0.1) is 23.2 Å². The number of rotatable bonds is 6. The molecule has 25 heavy (non-hydrogen) atoms. The molecule has 0 aliphatic rings. The average Bonchev–Trinajstić information content (AvgIpc) is 3.32. The number of hydrogen-bond donors (Lipinski definition) is 3. The molecule has 0 saturated carbocycles. The summed E-state index contributed by atoms with van der Waals surface area (Å²) in [5.74, 6) is 0.532. The van der Waals surface area contributed by atoms with E-state index in [-0.39, 0.29) is 12.6 Å². The van der Waals surface area contributed by atoms with Crippen LogP contribution in [0.4, 0.5) is 5.95 Å². The number of nitrogens with one attached hydrogen (secondary N) is 2. The Bertz CT molecular complexity index is 964. The van der Waals surface area contributed by atoms with Crippen LogP contribution in [0.2, 0.25) is 0 Å². The third-order valence-corrected chi connectivity index (χ3v) is 5.02. The fourth-order valence-electron chi connectivity index (χ4n) is 2.90. The van der Waals surface area contributed by atoms with Crippen molar-refractivity contribution in [3.63, 3.8) is 0 Å².